The molecule has 1 aromatic heterocycles. The Hall–Kier alpha value is -2.11. The Morgan fingerprint density at radius 2 is 1.91 bits per heavy atom. The van der Waals surface area contributed by atoms with Gasteiger partial charge in [-0.1, -0.05) is 35.1 Å². The molecule has 0 aliphatic heterocycles. The minimum absolute atomic E-state index is 0.154. The van der Waals surface area contributed by atoms with E-state index in [2.05, 4.69) is 4.98 Å². The van der Waals surface area contributed by atoms with Gasteiger partial charge in [0.15, 0.2) is 11.2 Å². The topological polar surface area (TPSA) is 42.4 Å². The molecule has 0 bridgehead atoms. The number of ether oxygens (including phenoxy) is 1. The predicted molar refractivity (Wildman–Crippen MR) is 94.6 cm³/mol. The van der Waals surface area contributed by atoms with Crippen LogP contribution in [-0.2, 0) is 4.79 Å². The molecule has 0 N–H and O–H groups in total. The van der Waals surface area contributed by atoms with Gasteiger partial charge in [-0.15, -0.1) is 0 Å². The number of halogens is 1. The number of para-hydroxylation sites is 1. The molecule has 0 fully saturated rings. The highest BCUT2D eigenvalue weighted by Crippen LogP contribution is 2.28. The number of carbonyl (C=O) groups is 1. The van der Waals surface area contributed by atoms with Crippen LogP contribution in [0.5, 0.6) is 5.75 Å². The van der Waals surface area contributed by atoms with Gasteiger partial charge in [-0.05, 0) is 43.3 Å². The molecule has 0 radical (unpaired) electrons. The molecule has 0 aliphatic carbocycles. The molecule has 0 spiro atoms. The summed E-state index contributed by atoms with van der Waals surface area (Å²) in [4.78, 5) is 18.6. The van der Waals surface area contributed by atoms with E-state index in [0.717, 1.165) is 10.2 Å². The normalized spacial score (nSPS) is 12.1. The van der Waals surface area contributed by atoms with Crippen molar-refractivity contribution in [1.82, 2.24) is 4.98 Å². The number of benzene rings is 2. The lowest BCUT2D eigenvalue weighted by molar-refractivity contribution is -0.124. The van der Waals surface area contributed by atoms with Gasteiger partial charge in [-0.2, -0.15) is 0 Å². The molecule has 1 unspecified atom stereocenters. The number of aromatic nitrogens is 1. The zero-order valence-electron chi connectivity index (χ0n) is 12.7. The Kier molecular flexibility index (Phi) is 4.50. The van der Waals surface area contributed by atoms with Crippen molar-refractivity contribution in [3.63, 3.8) is 0 Å². The van der Waals surface area contributed by atoms with E-state index in [9.17, 15) is 4.79 Å². The van der Waals surface area contributed by atoms with Crippen LogP contribution in [0.25, 0.3) is 10.2 Å². The van der Waals surface area contributed by atoms with E-state index >= 15 is 0 Å². The number of amides is 1. The fourth-order valence-corrected chi connectivity index (χ4v) is 3.20. The zero-order chi connectivity index (χ0) is 16.4. The molecule has 6 heteroatoms. The molecule has 0 aliphatic rings. The van der Waals surface area contributed by atoms with Crippen LogP contribution in [0.4, 0.5) is 5.13 Å². The van der Waals surface area contributed by atoms with E-state index in [1.165, 1.54) is 16.2 Å². The highest BCUT2D eigenvalue weighted by Gasteiger charge is 2.22. The Labute approximate surface area is 143 Å². The third-order valence-corrected chi connectivity index (χ3v) is 4.74. The van der Waals surface area contributed by atoms with Gasteiger partial charge in [0.25, 0.3) is 5.91 Å². The monoisotopic (exact) mass is 346 g/mol. The van der Waals surface area contributed by atoms with Crippen molar-refractivity contribution in [2.24, 2.45) is 0 Å². The van der Waals surface area contributed by atoms with E-state index in [-0.39, 0.29) is 5.91 Å². The van der Waals surface area contributed by atoms with Crippen LogP contribution in [0.2, 0.25) is 5.02 Å². The highest BCUT2D eigenvalue weighted by molar-refractivity contribution is 7.22. The van der Waals surface area contributed by atoms with Crippen LogP contribution in [0.3, 0.4) is 0 Å². The predicted octanol–water partition coefficient (Wildman–Crippen LogP) is 4.38. The lowest BCUT2D eigenvalue weighted by atomic mass is 10.3. The van der Waals surface area contributed by atoms with Crippen LogP contribution in [0.15, 0.2) is 48.5 Å². The molecule has 118 valence electrons. The molecule has 1 atom stereocenters. The SMILES string of the molecule is CC(Oc1ccc(Cl)cc1)C(=O)N(C)c1nc2ccccc2s1. The Balaban J connectivity index is 1.74. The third-order valence-electron chi connectivity index (χ3n) is 3.37. The van der Waals surface area contributed by atoms with Gasteiger partial charge in [0.2, 0.25) is 0 Å². The van der Waals surface area contributed by atoms with Crippen molar-refractivity contribution in [3.05, 3.63) is 53.6 Å². The molecule has 23 heavy (non-hydrogen) atoms. The van der Waals surface area contributed by atoms with Gasteiger partial charge in [0.1, 0.15) is 5.75 Å². The van der Waals surface area contributed by atoms with Gasteiger partial charge in [0.05, 0.1) is 10.2 Å². The number of fused-ring (bicyclic) bond motifs is 1. The van der Waals surface area contributed by atoms with E-state index < -0.39 is 6.10 Å². The van der Waals surface area contributed by atoms with Crippen LogP contribution in [0, 0.1) is 0 Å². The highest BCUT2D eigenvalue weighted by atomic mass is 35.5. The van der Waals surface area contributed by atoms with Gasteiger partial charge in [0, 0.05) is 12.1 Å². The number of anilines is 1. The van der Waals surface area contributed by atoms with Crippen LogP contribution >= 0.6 is 22.9 Å². The minimum Gasteiger partial charge on any atom is -0.481 e. The summed E-state index contributed by atoms with van der Waals surface area (Å²) in [5, 5.41) is 1.28. The fraction of sp³-hybridized carbons (Fsp3) is 0.176. The molecule has 0 saturated heterocycles. The van der Waals surface area contributed by atoms with Gasteiger partial charge < -0.3 is 4.74 Å². The summed E-state index contributed by atoms with van der Waals surface area (Å²) in [6.07, 6.45) is -0.617. The molecule has 1 heterocycles. The van der Waals surface area contributed by atoms with Crippen LogP contribution in [-0.4, -0.2) is 24.0 Å². The maximum atomic E-state index is 12.5. The number of hydrogen-bond donors (Lipinski definition) is 0. The van der Waals surface area contributed by atoms with E-state index in [0.29, 0.717) is 15.9 Å². The summed E-state index contributed by atoms with van der Waals surface area (Å²) in [7, 11) is 1.71. The summed E-state index contributed by atoms with van der Waals surface area (Å²) in [5.41, 5.74) is 0.887. The fourth-order valence-electron chi connectivity index (χ4n) is 2.14. The molecule has 4 nitrogen and oxygen atoms in total. The van der Waals surface area contributed by atoms with Crippen LogP contribution < -0.4 is 9.64 Å². The second-order valence-corrected chi connectivity index (χ2v) is 6.52. The lowest BCUT2D eigenvalue weighted by Crippen LogP contribution is -2.37. The number of likely N-dealkylation sites (N-methyl/N-ethyl adjacent to an activating group) is 1. The second kappa shape index (κ2) is 6.56. The average Bonchev–Trinajstić information content (AvgIpc) is 2.99. The smallest absolute Gasteiger partial charge is 0.269 e. The van der Waals surface area contributed by atoms with Crippen molar-refractivity contribution in [1.29, 1.82) is 0 Å². The number of rotatable bonds is 4. The standard InChI is InChI=1S/C17H15ClN2O2S/c1-11(22-13-9-7-12(18)8-10-13)16(21)20(2)17-19-14-5-3-4-6-15(14)23-17/h3-11H,1-2H3. The van der Waals surface area contributed by atoms with E-state index in [4.69, 9.17) is 16.3 Å². The first-order valence-corrected chi connectivity index (χ1v) is 8.29. The van der Waals surface area contributed by atoms with Crippen molar-refractivity contribution >= 4 is 44.2 Å². The largest absolute Gasteiger partial charge is 0.481 e. The maximum absolute atomic E-state index is 12.5. The maximum Gasteiger partial charge on any atom is 0.269 e. The first kappa shape index (κ1) is 15.8. The molecular formula is C17H15ClN2O2S. The average molecular weight is 347 g/mol. The van der Waals surface area contributed by atoms with E-state index in [1.54, 1.807) is 38.2 Å². The molecule has 3 aromatic rings. The van der Waals surface area contributed by atoms with Crippen molar-refractivity contribution in [3.8, 4) is 5.75 Å². The minimum atomic E-state index is -0.617. The molecule has 1 amide bonds. The molecule has 0 saturated carbocycles. The lowest BCUT2D eigenvalue weighted by Gasteiger charge is -2.20. The van der Waals surface area contributed by atoms with E-state index in [1.807, 2.05) is 24.3 Å². The quantitative estimate of drug-likeness (QED) is 0.704. The first-order chi connectivity index (χ1) is 11.0. The Bertz CT molecular complexity index is 799. The Morgan fingerprint density at radius 1 is 1.22 bits per heavy atom. The van der Waals surface area contributed by atoms with Crippen molar-refractivity contribution in [2.45, 2.75) is 13.0 Å². The van der Waals surface area contributed by atoms with Crippen molar-refractivity contribution < 1.29 is 9.53 Å². The van der Waals surface area contributed by atoms with Crippen LogP contribution in [0.1, 0.15) is 6.92 Å². The Morgan fingerprint density at radius 3 is 2.61 bits per heavy atom. The molecule has 2 aromatic carbocycles. The van der Waals surface area contributed by atoms with Gasteiger partial charge in [-0.25, -0.2) is 4.98 Å². The first-order valence-electron chi connectivity index (χ1n) is 7.10. The molecular weight excluding hydrogens is 332 g/mol. The summed E-state index contributed by atoms with van der Waals surface area (Å²) >= 11 is 7.32. The van der Waals surface area contributed by atoms with Gasteiger partial charge in [-0.3, -0.25) is 9.69 Å². The number of hydrogen-bond acceptors (Lipinski definition) is 4. The summed E-state index contributed by atoms with van der Waals surface area (Å²) in [6, 6.07) is 14.7. The third kappa shape index (κ3) is 3.46. The summed E-state index contributed by atoms with van der Waals surface area (Å²) in [5.74, 6) is 0.451. The summed E-state index contributed by atoms with van der Waals surface area (Å²) in [6.45, 7) is 1.72. The van der Waals surface area contributed by atoms with Gasteiger partial charge >= 0.3 is 0 Å². The zero-order valence-corrected chi connectivity index (χ0v) is 14.3. The number of carbonyl (C=O) groups excluding carboxylic acids is 1. The number of nitrogens with zero attached hydrogens (tertiary/aromatic N) is 2. The number of thiazole rings is 1. The summed E-state index contributed by atoms with van der Waals surface area (Å²) < 4.78 is 6.72. The second-order valence-electron chi connectivity index (χ2n) is 5.08. The van der Waals surface area contributed by atoms with Crippen molar-refractivity contribution in [2.75, 3.05) is 11.9 Å². The molecule has 3 rings (SSSR count).